The van der Waals surface area contributed by atoms with E-state index >= 15 is 0 Å². The average molecular weight is 416 g/mol. The molecule has 9 nitrogen and oxygen atoms in total. The Morgan fingerprint density at radius 3 is 2.38 bits per heavy atom. The number of likely N-dealkylation sites (tertiary alicyclic amines) is 1. The largest absolute Gasteiger partial charge is 0.490 e. The van der Waals surface area contributed by atoms with E-state index in [1.165, 1.54) is 0 Å². The quantitative estimate of drug-likeness (QED) is 0.818. The molecule has 0 spiro atoms. The number of imidazole rings is 1. The van der Waals surface area contributed by atoms with Crippen LogP contribution in [0.15, 0.2) is 18.6 Å². The molecule has 0 saturated carbocycles. The van der Waals surface area contributed by atoms with E-state index in [2.05, 4.69) is 22.2 Å². The van der Waals surface area contributed by atoms with Crippen LogP contribution in [0.2, 0.25) is 0 Å². The molecule has 0 radical (unpaired) electrons. The summed E-state index contributed by atoms with van der Waals surface area (Å²) in [5.41, 5.74) is 1.05. The van der Waals surface area contributed by atoms with Gasteiger partial charge in [0.05, 0.1) is 11.7 Å². The minimum absolute atomic E-state index is 0.0104. The van der Waals surface area contributed by atoms with Crippen LogP contribution >= 0.6 is 0 Å². The van der Waals surface area contributed by atoms with Crippen LogP contribution in [0.1, 0.15) is 48.5 Å². The highest BCUT2D eigenvalue weighted by atomic mass is 19.4. The predicted octanol–water partition coefficient (Wildman–Crippen LogP) is 2.07. The van der Waals surface area contributed by atoms with Crippen molar-refractivity contribution >= 4 is 11.9 Å². The topological polar surface area (TPSA) is 106 Å². The second-order valence-corrected chi connectivity index (χ2v) is 6.63. The first kappa shape index (κ1) is 22.4. The number of aliphatic carboxylic acids is 1. The van der Waals surface area contributed by atoms with Crippen molar-refractivity contribution in [1.82, 2.24) is 29.4 Å². The van der Waals surface area contributed by atoms with Gasteiger partial charge in [-0.05, 0) is 19.3 Å². The van der Waals surface area contributed by atoms with E-state index < -0.39 is 12.1 Å². The van der Waals surface area contributed by atoms with Gasteiger partial charge in [-0.3, -0.25) is 4.79 Å². The zero-order chi connectivity index (χ0) is 21.6. The normalized spacial score (nSPS) is 15.0. The number of carboxylic acids is 1. The molecule has 0 atom stereocenters. The number of carbonyl (C=O) groups is 2. The Morgan fingerprint density at radius 2 is 1.90 bits per heavy atom. The number of carboxylic acid groups (broad SMARTS) is 1. The standard InChI is InChI=1S/C15H22N6O.C2HF3O2/c1-3-4-12-11-21(18-17-12)13-5-8-20(9-6-13)15(22)14-16-7-10-19(14)2;3-2(4,5)1(6)7/h7,10-11,13H,3-6,8-9H2,1-2H3;(H,6,7). The summed E-state index contributed by atoms with van der Waals surface area (Å²) in [6.07, 6.45) is 4.28. The summed E-state index contributed by atoms with van der Waals surface area (Å²) >= 11 is 0. The maximum absolute atomic E-state index is 12.4. The molecule has 2 aromatic heterocycles. The monoisotopic (exact) mass is 416 g/mol. The maximum Gasteiger partial charge on any atom is 0.490 e. The van der Waals surface area contributed by atoms with Crippen LogP contribution in [0.5, 0.6) is 0 Å². The lowest BCUT2D eigenvalue weighted by molar-refractivity contribution is -0.192. The van der Waals surface area contributed by atoms with Crippen molar-refractivity contribution in [1.29, 1.82) is 0 Å². The van der Waals surface area contributed by atoms with Gasteiger partial charge < -0.3 is 14.6 Å². The van der Waals surface area contributed by atoms with Gasteiger partial charge in [-0.2, -0.15) is 13.2 Å². The summed E-state index contributed by atoms with van der Waals surface area (Å²) in [5.74, 6) is -2.24. The van der Waals surface area contributed by atoms with E-state index in [0.717, 1.165) is 44.5 Å². The van der Waals surface area contributed by atoms with Crippen LogP contribution in [0, 0.1) is 0 Å². The van der Waals surface area contributed by atoms with Gasteiger partial charge in [0.25, 0.3) is 5.91 Å². The number of hydrogen-bond acceptors (Lipinski definition) is 5. The average Bonchev–Trinajstić information content (AvgIpc) is 3.30. The van der Waals surface area contributed by atoms with Gasteiger partial charge in [-0.15, -0.1) is 5.10 Å². The molecule has 0 aliphatic carbocycles. The minimum Gasteiger partial charge on any atom is -0.475 e. The van der Waals surface area contributed by atoms with Crippen molar-refractivity contribution in [2.75, 3.05) is 13.1 Å². The number of alkyl halides is 3. The Morgan fingerprint density at radius 1 is 1.28 bits per heavy atom. The number of hydrogen-bond donors (Lipinski definition) is 1. The molecule has 1 fully saturated rings. The molecule has 1 N–H and O–H groups in total. The summed E-state index contributed by atoms with van der Waals surface area (Å²) in [7, 11) is 1.84. The summed E-state index contributed by atoms with van der Waals surface area (Å²) in [5, 5.41) is 15.6. The van der Waals surface area contributed by atoms with Gasteiger partial charge in [0.1, 0.15) is 0 Å². The highest BCUT2D eigenvalue weighted by Crippen LogP contribution is 2.22. The third-order valence-electron chi connectivity index (χ3n) is 4.44. The summed E-state index contributed by atoms with van der Waals surface area (Å²) in [6, 6.07) is 0.337. The Kier molecular flexibility index (Phi) is 7.35. The number of piperidine rings is 1. The third kappa shape index (κ3) is 6.03. The molecule has 1 aliphatic heterocycles. The number of carbonyl (C=O) groups excluding carboxylic acids is 1. The molecule has 1 amide bonds. The van der Waals surface area contributed by atoms with E-state index in [1.807, 2.05) is 22.8 Å². The molecule has 0 unspecified atom stereocenters. The number of amides is 1. The van der Waals surface area contributed by atoms with Crippen molar-refractivity contribution in [3.63, 3.8) is 0 Å². The molecule has 0 bridgehead atoms. The summed E-state index contributed by atoms with van der Waals surface area (Å²) in [6.45, 7) is 3.61. The van der Waals surface area contributed by atoms with E-state index in [9.17, 15) is 18.0 Å². The first-order valence-corrected chi connectivity index (χ1v) is 9.10. The molecule has 2 aromatic rings. The lowest BCUT2D eigenvalue weighted by Gasteiger charge is -2.31. The molecule has 12 heteroatoms. The van der Waals surface area contributed by atoms with Crippen LogP contribution in [0.25, 0.3) is 0 Å². The fourth-order valence-corrected chi connectivity index (χ4v) is 2.91. The fourth-order valence-electron chi connectivity index (χ4n) is 2.91. The molecule has 29 heavy (non-hydrogen) atoms. The van der Waals surface area contributed by atoms with Gasteiger partial charge in [0.15, 0.2) is 5.82 Å². The van der Waals surface area contributed by atoms with Gasteiger partial charge in [0.2, 0.25) is 0 Å². The predicted molar refractivity (Wildman–Crippen MR) is 95.1 cm³/mol. The van der Waals surface area contributed by atoms with Gasteiger partial charge in [-0.25, -0.2) is 14.5 Å². The van der Waals surface area contributed by atoms with E-state index in [0.29, 0.717) is 11.9 Å². The summed E-state index contributed by atoms with van der Waals surface area (Å²) < 4.78 is 35.5. The molecular formula is C17H23F3N6O3. The molecule has 3 heterocycles. The molecule has 160 valence electrons. The van der Waals surface area contributed by atoms with Crippen LogP contribution in [-0.2, 0) is 18.3 Å². The smallest absolute Gasteiger partial charge is 0.475 e. The zero-order valence-electron chi connectivity index (χ0n) is 16.1. The second kappa shape index (κ2) is 9.52. The Hall–Kier alpha value is -2.92. The fraction of sp³-hybridized carbons (Fsp3) is 0.588. The number of aryl methyl sites for hydroxylation is 2. The van der Waals surface area contributed by atoms with Gasteiger partial charge >= 0.3 is 12.1 Å². The summed E-state index contributed by atoms with van der Waals surface area (Å²) in [4.78, 5) is 27.3. The molecule has 1 saturated heterocycles. The lowest BCUT2D eigenvalue weighted by Crippen LogP contribution is -2.40. The minimum atomic E-state index is -5.08. The van der Waals surface area contributed by atoms with Crippen LogP contribution in [0.3, 0.4) is 0 Å². The van der Waals surface area contributed by atoms with E-state index in [4.69, 9.17) is 9.90 Å². The number of nitrogens with zero attached hydrogens (tertiary/aromatic N) is 6. The Bertz CT molecular complexity index is 824. The SMILES string of the molecule is CCCc1cn(C2CCN(C(=O)c3nccn3C)CC2)nn1.O=C(O)C(F)(F)F. The van der Waals surface area contributed by atoms with Crippen molar-refractivity contribution in [3.8, 4) is 0 Å². The third-order valence-corrected chi connectivity index (χ3v) is 4.44. The Labute approximate surface area is 165 Å². The van der Waals surface area contributed by atoms with Gasteiger partial charge in [-0.1, -0.05) is 18.6 Å². The number of aromatic nitrogens is 5. The van der Waals surface area contributed by atoms with E-state index in [-0.39, 0.29) is 5.91 Å². The number of rotatable bonds is 4. The van der Waals surface area contributed by atoms with Crippen LogP contribution in [-0.4, -0.2) is 65.7 Å². The molecule has 3 rings (SSSR count). The number of halogens is 3. The van der Waals surface area contributed by atoms with Crippen molar-refractivity contribution in [2.45, 2.75) is 44.8 Å². The first-order chi connectivity index (χ1) is 13.6. The van der Waals surface area contributed by atoms with Crippen molar-refractivity contribution in [3.05, 3.63) is 30.1 Å². The van der Waals surface area contributed by atoms with E-state index in [1.54, 1.807) is 17.0 Å². The van der Waals surface area contributed by atoms with Crippen molar-refractivity contribution < 1.29 is 27.9 Å². The molecule has 1 aliphatic rings. The van der Waals surface area contributed by atoms with Crippen molar-refractivity contribution in [2.24, 2.45) is 7.05 Å². The highest BCUT2D eigenvalue weighted by molar-refractivity contribution is 5.90. The zero-order valence-corrected chi connectivity index (χ0v) is 16.1. The Balaban J connectivity index is 0.000000370. The first-order valence-electron chi connectivity index (χ1n) is 9.10. The lowest BCUT2D eigenvalue weighted by atomic mass is 10.1. The van der Waals surface area contributed by atoms with Gasteiger partial charge in [0, 0.05) is 38.7 Å². The van der Waals surface area contributed by atoms with Crippen LogP contribution < -0.4 is 0 Å². The maximum atomic E-state index is 12.4. The highest BCUT2D eigenvalue weighted by Gasteiger charge is 2.38. The second-order valence-electron chi connectivity index (χ2n) is 6.63. The molecule has 0 aromatic carbocycles. The van der Waals surface area contributed by atoms with Crippen LogP contribution in [0.4, 0.5) is 13.2 Å². The molecular weight excluding hydrogens is 393 g/mol.